The van der Waals surface area contributed by atoms with Gasteiger partial charge in [-0.25, -0.2) is 9.78 Å². The minimum atomic E-state index is -0.293. The van der Waals surface area contributed by atoms with E-state index in [4.69, 9.17) is 4.98 Å². The minimum absolute atomic E-state index is 0.230. The Morgan fingerprint density at radius 1 is 1.00 bits per heavy atom. The first-order valence-corrected chi connectivity index (χ1v) is 11.1. The molecule has 0 unspecified atom stereocenters. The summed E-state index contributed by atoms with van der Waals surface area (Å²) in [4.78, 5) is 31.2. The number of benzene rings is 1. The normalized spacial score (nSPS) is 11.9. The second-order valence-electron chi connectivity index (χ2n) is 8.84. The number of hydrogen-bond acceptors (Lipinski definition) is 3. The van der Waals surface area contributed by atoms with Crippen LogP contribution in [0.4, 0.5) is 0 Å². The summed E-state index contributed by atoms with van der Waals surface area (Å²) in [6, 6.07) is 8.22. The molecule has 0 saturated carbocycles. The zero-order chi connectivity index (χ0) is 22.0. The first-order chi connectivity index (χ1) is 14.3. The SMILES string of the molecule is CCCCn1c(=O)c2c(nc(-c3ccccc3C(C)C)n2CCC(C)C)n(C)c1=O. The van der Waals surface area contributed by atoms with Crippen LogP contribution in [-0.2, 0) is 20.1 Å². The number of fused-ring (bicyclic) bond motifs is 1. The van der Waals surface area contributed by atoms with E-state index in [-0.39, 0.29) is 11.2 Å². The molecule has 0 radical (unpaired) electrons. The van der Waals surface area contributed by atoms with Gasteiger partial charge in [-0.15, -0.1) is 0 Å². The van der Waals surface area contributed by atoms with Gasteiger partial charge >= 0.3 is 5.69 Å². The number of hydrogen-bond donors (Lipinski definition) is 0. The molecule has 6 nitrogen and oxygen atoms in total. The lowest BCUT2D eigenvalue weighted by atomic mass is 9.97. The maximum Gasteiger partial charge on any atom is 0.332 e. The van der Waals surface area contributed by atoms with Crippen LogP contribution in [0.15, 0.2) is 33.9 Å². The first kappa shape index (κ1) is 22.1. The summed E-state index contributed by atoms with van der Waals surface area (Å²) in [5.41, 5.74) is 2.69. The summed E-state index contributed by atoms with van der Waals surface area (Å²) in [5, 5.41) is 0. The number of aryl methyl sites for hydroxylation is 2. The van der Waals surface area contributed by atoms with Crippen LogP contribution in [0.2, 0.25) is 0 Å². The van der Waals surface area contributed by atoms with Gasteiger partial charge in [-0.3, -0.25) is 13.9 Å². The van der Waals surface area contributed by atoms with Crippen LogP contribution in [0.5, 0.6) is 0 Å². The summed E-state index contributed by atoms with van der Waals surface area (Å²) in [6.45, 7) is 11.9. The Kier molecular flexibility index (Phi) is 6.64. The highest BCUT2D eigenvalue weighted by molar-refractivity contribution is 5.78. The average molecular weight is 411 g/mol. The molecule has 0 aliphatic heterocycles. The van der Waals surface area contributed by atoms with Gasteiger partial charge in [0.1, 0.15) is 5.82 Å². The number of rotatable bonds is 8. The van der Waals surface area contributed by atoms with Crippen molar-refractivity contribution >= 4 is 11.2 Å². The van der Waals surface area contributed by atoms with E-state index in [0.29, 0.717) is 36.1 Å². The molecule has 2 aromatic heterocycles. The van der Waals surface area contributed by atoms with E-state index in [1.807, 2.05) is 16.7 Å². The molecule has 0 aliphatic rings. The second kappa shape index (κ2) is 9.02. The van der Waals surface area contributed by atoms with Crippen LogP contribution in [0, 0.1) is 5.92 Å². The molecule has 6 heteroatoms. The van der Waals surface area contributed by atoms with Crippen molar-refractivity contribution in [1.82, 2.24) is 18.7 Å². The molecule has 0 fully saturated rings. The fourth-order valence-electron chi connectivity index (χ4n) is 3.90. The number of aromatic nitrogens is 4. The van der Waals surface area contributed by atoms with Crippen molar-refractivity contribution in [1.29, 1.82) is 0 Å². The summed E-state index contributed by atoms with van der Waals surface area (Å²) in [5.74, 6) is 1.59. The maximum atomic E-state index is 13.4. The monoisotopic (exact) mass is 410 g/mol. The molecule has 0 bridgehead atoms. The van der Waals surface area contributed by atoms with Crippen molar-refractivity contribution in [2.75, 3.05) is 0 Å². The van der Waals surface area contributed by atoms with Gasteiger partial charge in [-0.1, -0.05) is 65.3 Å². The third-order valence-electron chi connectivity index (χ3n) is 5.72. The zero-order valence-electron chi connectivity index (χ0n) is 19.1. The smallest absolute Gasteiger partial charge is 0.318 e. The molecule has 162 valence electrons. The highest BCUT2D eigenvalue weighted by Gasteiger charge is 2.22. The van der Waals surface area contributed by atoms with Crippen molar-refractivity contribution in [2.24, 2.45) is 13.0 Å². The van der Waals surface area contributed by atoms with E-state index in [9.17, 15) is 9.59 Å². The molecule has 0 saturated heterocycles. The highest BCUT2D eigenvalue weighted by atomic mass is 16.2. The van der Waals surface area contributed by atoms with Crippen LogP contribution >= 0.6 is 0 Å². The Bertz CT molecular complexity index is 1150. The number of imidazole rings is 1. The molecular formula is C24H34N4O2. The van der Waals surface area contributed by atoms with Gasteiger partial charge in [-0.2, -0.15) is 0 Å². The van der Waals surface area contributed by atoms with Crippen molar-refractivity contribution < 1.29 is 0 Å². The van der Waals surface area contributed by atoms with E-state index >= 15 is 0 Å². The third-order valence-corrected chi connectivity index (χ3v) is 5.72. The third kappa shape index (κ3) is 4.00. The fraction of sp³-hybridized carbons (Fsp3) is 0.542. The molecule has 0 spiro atoms. The topological polar surface area (TPSA) is 61.8 Å². The van der Waals surface area contributed by atoms with Crippen LogP contribution < -0.4 is 11.2 Å². The fourth-order valence-corrected chi connectivity index (χ4v) is 3.90. The Hall–Kier alpha value is -2.63. The Morgan fingerprint density at radius 2 is 1.70 bits per heavy atom. The van der Waals surface area contributed by atoms with Gasteiger partial charge in [0.25, 0.3) is 5.56 Å². The van der Waals surface area contributed by atoms with E-state index in [0.717, 1.165) is 30.7 Å². The Balaban J connectivity index is 2.37. The van der Waals surface area contributed by atoms with E-state index in [2.05, 4.69) is 46.8 Å². The van der Waals surface area contributed by atoms with Gasteiger partial charge in [0.15, 0.2) is 11.2 Å². The molecule has 3 aromatic rings. The molecule has 1 aromatic carbocycles. The summed E-state index contributed by atoms with van der Waals surface area (Å²) in [7, 11) is 1.71. The summed E-state index contributed by atoms with van der Waals surface area (Å²) in [6.07, 6.45) is 2.65. The lowest BCUT2D eigenvalue weighted by molar-refractivity contribution is 0.521. The first-order valence-electron chi connectivity index (χ1n) is 11.1. The van der Waals surface area contributed by atoms with Crippen LogP contribution in [0.1, 0.15) is 65.4 Å². The molecule has 0 N–H and O–H groups in total. The van der Waals surface area contributed by atoms with Crippen LogP contribution in [-0.4, -0.2) is 18.7 Å². The van der Waals surface area contributed by atoms with Gasteiger partial charge in [0.05, 0.1) is 0 Å². The predicted octanol–water partition coefficient (Wildman–Crippen LogP) is 4.53. The summed E-state index contributed by atoms with van der Waals surface area (Å²) >= 11 is 0. The molecule has 0 atom stereocenters. The highest BCUT2D eigenvalue weighted by Crippen LogP contribution is 2.30. The molecule has 3 rings (SSSR count). The second-order valence-corrected chi connectivity index (χ2v) is 8.84. The van der Waals surface area contributed by atoms with E-state index in [1.165, 1.54) is 14.7 Å². The number of nitrogens with zero attached hydrogens (tertiary/aromatic N) is 4. The van der Waals surface area contributed by atoms with Crippen molar-refractivity contribution in [3.63, 3.8) is 0 Å². The van der Waals surface area contributed by atoms with Crippen molar-refractivity contribution in [2.45, 2.75) is 72.9 Å². The standard InChI is InChI=1S/C24H34N4O2/c1-7-8-14-28-23(29)20-22(26(6)24(28)30)25-21(27(20)15-13-16(2)3)19-12-10-9-11-18(19)17(4)5/h9-12,16-17H,7-8,13-15H2,1-6H3. The zero-order valence-corrected chi connectivity index (χ0v) is 19.1. The van der Waals surface area contributed by atoms with Crippen LogP contribution in [0.3, 0.4) is 0 Å². The van der Waals surface area contributed by atoms with Crippen LogP contribution in [0.25, 0.3) is 22.6 Å². The van der Waals surface area contributed by atoms with Gasteiger partial charge in [0.2, 0.25) is 0 Å². The lowest BCUT2D eigenvalue weighted by Crippen LogP contribution is -2.39. The largest absolute Gasteiger partial charge is 0.332 e. The predicted molar refractivity (Wildman–Crippen MR) is 123 cm³/mol. The van der Waals surface area contributed by atoms with Crippen molar-refractivity contribution in [3.05, 3.63) is 50.7 Å². The van der Waals surface area contributed by atoms with E-state index < -0.39 is 0 Å². The lowest BCUT2D eigenvalue weighted by Gasteiger charge is -2.15. The van der Waals surface area contributed by atoms with Crippen molar-refractivity contribution in [3.8, 4) is 11.4 Å². The summed E-state index contributed by atoms with van der Waals surface area (Å²) < 4.78 is 4.94. The van der Waals surface area contributed by atoms with Gasteiger partial charge in [-0.05, 0) is 30.2 Å². The minimum Gasteiger partial charge on any atom is -0.318 e. The Labute approximate surface area is 178 Å². The molecule has 0 aliphatic carbocycles. The quantitative estimate of drug-likeness (QED) is 0.548. The Morgan fingerprint density at radius 3 is 2.33 bits per heavy atom. The average Bonchev–Trinajstić information content (AvgIpc) is 3.10. The number of unbranched alkanes of at least 4 members (excludes halogenated alkanes) is 1. The molecular weight excluding hydrogens is 376 g/mol. The molecule has 30 heavy (non-hydrogen) atoms. The molecule has 2 heterocycles. The van der Waals surface area contributed by atoms with Gasteiger partial charge in [0, 0.05) is 25.7 Å². The van der Waals surface area contributed by atoms with Gasteiger partial charge < -0.3 is 4.57 Å². The maximum absolute atomic E-state index is 13.4. The molecule has 0 amide bonds. The van der Waals surface area contributed by atoms with E-state index in [1.54, 1.807) is 7.05 Å².